The van der Waals surface area contributed by atoms with Gasteiger partial charge in [-0.05, 0) is 13.6 Å². The fourth-order valence-corrected chi connectivity index (χ4v) is 5.13. The lowest BCUT2D eigenvalue weighted by molar-refractivity contribution is -0.00834. The molecule has 104 valence electrons. The summed E-state index contributed by atoms with van der Waals surface area (Å²) in [6.45, 7) is -0.317. The molecule has 1 fully saturated rings. The van der Waals surface area contributed by atoms with Gasteiger partial charge in [0.25, 0.3) is 0 Å². The number of aliphatic hydroxyl groups excluding tert-OH is 3. The molecule has 1 unspecified atom stereocenters. The zero-order valence-electron chi connectivity index (χ0n) is 10.0. The number of nitrogens with one attached hydrogen (secondary N) is 1. The van der Waals surface area contributed by atoms with Gasteiger partial charge < -0.3 is 31.1 Å². The van der Waals surface area contributed by atoms with Gasteiger partial charge in [0.05, 0.1) is 12.9 Å². The second kappa shape index (κ2) is 4.77. The van der Waals surface area contributed by atoms with E-state index >= 15 is 0 Å². The van der Waals surface area contributed by atoms with Crippen LogP contribution in [-0.4, -0.2) is 57.8 Å². The van der Waals surface area contributed by atoms with Gasteiger partial charge in [-0.2, -0.15) is 0 Å². The molecule has 8 heteroatoms. The maximum atomic E-state index is 10.1. The zero-order chi connectivity index (χ0) is 13.6. The fraction of sp³-hybridized carbons (Fsp3) is 0.455. The minimum atomic E-state index is -1.39. The molecule has 19 heavy (non-hydrogen) atoms. The van der Waals surface area contributed by atoms with Gasteiger partial charge in [0.2, 0.25) is 0 Å². The molecule has 3 aliphatic rings. The van der Waals surface area contributed by atoms with Gasteiger partial charge in [0.1, 0.15) is 30.0 Å². The molecule has 0 aromatic rings. The highest BCUT2D eigenvalue weighted by Gasteiger charge is 2.44. The lowest BCUT2D eigenvalue weighted by Gasteiger charge is -2.20. The Morgan fingerprint density at radius 3 is 2.89 bits per heavy atom. The molecule has 0 spiro atoms. The molecule has 0 aliphatic carbocycles. The average molecular weight is 285 g/mol. The quantitative estimate of drug-likeness (QED) is 0.378. The molecule has 7 nitrogen and oxygen atoms in total. The maximum absolute atomic E-state index is 10.1. The molecule has 1 saturated heterocycles. The topological polar surface area (TPSA) is 120 Å². The molecule has 0 radical (unpaired) electrons. The van der Waals surface area contributed by atoms with Crippen molar-refractivity contribution in [2.24, 2.45) is 10.7 Å². The first-order valence-corrected chi connectivity index (χ1v) is 7.63. The molecular formula is C11H16N3O4P. The summed E-state index contributed by atoms with van der Waals surface area (Å²) in [6, 6.07) is 0. The molecule has 0 bridgehead atoms. The Morgan fingerprint density at radius 1 is 1.42 bits per heavy atom. The summed E-state index contributed by atoms with van der Waals surface area (Å²) >= 11 is 0. The van der Waals surface area contributed by atoms with Crippen LogP contribution in [0.1, 0.15) is 0 Å². The average Bonchev–Trinajstić information content (AvgIpc) is 2.94. The molecule has 0 saturated carbocycles. The van der Waals surface area contributed by atoms with Crippen LogP contribution in [0.4, 0.5) is 0 Å². The zero-order valence-corrected chi connectivity index (χ0v) is 11.0. The molecule has 6 N–H and O–H groups in total. The van der Waals surface area contributed by atoms with Crippen molar-refractivity contribution in [1.29, 1.82) is 0 Å². The van der Waals surface area contributed by atoms with E-state index in [1.165, 1.54) is 6.34 Å². The van der Waals surface area contributed by atoms with Crippen LogP contribution in [0.15, 0.2) is 28.3 Å². The summed E-state index contributed by atoms with van der Waals surface area (Å²) < 4.78 is 5.58. The molecule has 3 rings (SSSR count). The number of fused-ring (bicyclic) bond motifs is 1. The second-order valence-electron chi connectivity index (χ2n) is 4.62. The molecule has 5 atom stereocenters. The van der Waals surface area contributed by atoms with E-state index in [-0.39, 0.29) is 6.61 Å². The van der Waals surface area contributed by atoms with Gasteiger partial charge in [0, 0.05) is 11.0 Å². The number of nitrogens with two attached hydrogens (primary N) is 1. The Morgan fingerprint density at radius 2 is 2.21 bits per heavy atom. The van der Waals surface area contributed by atoms with Crippen molar-refractivity contribution in [2.75, 3.05) is 6.61 Å². The summed E-state index contributed by atoms with van der Waals surface area (Å²) in [5.74, 6) is 1.86. The van der Waals surface area contributed by atoms with Gasteiger partial charge >= 0.3 is 0 Å². The van der Waals surface area contributed by atoms with E-state index in [0.717, 1.165) is 11.0 Å². The van der Waals surface area contributed by atoms with Crippen molar-refractivity contribution < 1.29 is 20.1 Å². The Kier molecular flexibility index (Phi) is 3.24. The number of aliphatic imine (C=N–C) groups is 1. The summed E-state index contributed by atoms with van der Waals surface area (Å²) in [5.41, 5.74) is 7.50. The Labute approximate surface area is 110 Å². The minimum absolute atomic E-state index is 0.317. The van der Waals surface area contributed by atoms with E-state index in [2.05, 4.69) is 10.3 Å². The van der Waals surface area contributed by atoms with Crippen molar-refractivity contribution in [3.8, 4) is 0 Å². The summed E-state index contributed by atoms with van der Waals surface area (Å²) in [4.78, 5) is 3.97. The van der Waals surface area contributed by atoms with Crippen molar-refractivity contribution in [1.82, 2.24) is 5.32 Å². The first-order chi connectivity index (χ1) is 9.13. The first kappa shape index (κ1) is 12.9. The maximum Gasteiger partial charge on any atom is 0.134 e. The smallest absolute Gasteiger partial charge is 0.134 e. The summed E-state index contributed by atoms with van der Waals surface area (Å²) in [6.07, 6.45) is 0.548. The van der Waals surface area contributed by atoms with E-state index in [4.69, 9.17) is 15.6 Å². The van der Waals surface area contributed by atoms with Gasteiger partial charge in [-0.3, -0.25) is 0 Å². The largest absolute Gasteiger partial charge is 0.394 e. The highest BCUT2D eigenvalue weighted by atomic mass is 31.1. The van der Waals surface area contributed by atoms with E-state index in [1.807, 2.05) is 11.9 Å². The molecular weight excluding hydrogens is 269 g/mol. The van der Waals surface area contributed by atoms with Crippen molar-refractivity contribution in [3.63, 3.8) is 0 Å². The third-order valence-electron chi connectivity index (χ3n) is 3.52. The highest BCUT2D eigenvalue weighted by molar-refractivity contribution is 7.63. The van der Waals surface area contributed by atoms with Crippen LogP contribution < -0.4 is 11.1 Å². The van der Waals surface area contributed by atoms with Gasteiger partial charge in [-0.25, -0.2) is 4.99 Å². The van der Waals surface area contributed by atoms with Crippen LogP contribution in [0.3, 0.4) is 0 Å². The SMILES string of the molecule is NC1=C2C=C[PH]([C@@H]3O[C@H](CO)[C@@H](O)[C@H]3O)=C2NC=N1. The predicted octanol–water partition coefficient (Wildman–Crippen LogP) is -1.90. The molecule has 0 aromatic heterocycles. The van der Waals surface area contributed by atoms with Crippen LogP contribution in [0.25, 0.3) is 0 Å². The van der Waals surface area contributed by atoms with Gasteiger partial charge in [0.15, 0.2) is 0 Å². The van der Waals surface area contributed by atoms with Crippen LogP contribution >= 0.6 is 7.55 Å². The van der Waals surface area contributed by atoms with Crippen LogP contribution in [-0.2, 0) is 4.74 Å². The third-order valence-corrected chi connectivity index (χ3v) is 6.13. The number of rotatable bonds is 2. The van der Waals surface area contributed by atoms with Gasteiger partial charge in [-0.1, -0.05) is 5.82 Å². The molecule has 0 amide bonds. The van der Waals surface area contributed by atoms with E-state index in [1.54, 1.807) is 0 Å². The van der Waals surface area contributed by atoms with Crippen LogP contribution in [0.2, 0.25) is 0 Å². The third kappa shape index (κ3) is 1.94. The van der Waals surface area contributed by atoms with Crippen molar-refractivity contribution >= 4 is 19.3 Å². The summed E-state index contributed by atoms with van der Waals surface area (Å²) in [7, 11) is -1.39. The van der Waals surface area contributed by atoms with E-state index < -0.39 is 31.7 Å². The monoisotopic (exact) mass is 285 g/mol. The van der Waals surface area contributed by atoms with Crippen molar-refractivity contribution in [2.45, 2.75) is 24.2 Å². The normalized spacial score (nSPS) is 40.8. The van der Waals surface area contributed by atoms with E-state index in [0.29, 0.717) is 5.82 Å². The molecule has 3 aliphatic heterocycles. The van der Waals surface area contributed by atoms with E-state index in [9.17, 15) is 10.2 Å². The number of ether oxygens (including phenoxy) is 1. The summed E-state index contributed by atoms with van der Waals surface area (Å²) in [5, 5.41) is 32.0. The highest BCUT2D eigenvalue weighted by Crippen LogP contribution is 2.46. The minimum Gasteiger partial charge on any atom is -0.394 e. The Bertz CT molecular complexity index is 528. The number of nitrogens with zero attached hydrogens (tertiary/aromatic N) is 1. The Balaban J connectivity index is 1.94. The van der Waals surface area contributed by atoms with Crippen LogP contribution in [0, 0.1) is 0 Å². The van der Waals surface area contributed by atoms with Gasteiger partial charge in [-0.15, -0.1) is 0 Å². The molecule has 3 heterocycles. The predicted molar refractivity (Wildman–Crippen MR) is 73.1 cm³/mol. The Hall–Kier alpha value is -1.11. The number of aliphatic hydroxyl groups is 3. The van der Waals surface area contributed by atoms with Crippen molar-refractivity contribution in [3.05, 3.63) is 23.3 Å². The lowest BCUT2D eigenvalue weighted by atomic mass is 10.2. The number of hydrogen-bond donors (Lipinski definition) is 5. The lowest BCUT2D eigenvalue weighted by Crippen LogP contribution is -2.34. The standard InChI is InChI=1S/C11H16N3O4P/c12-9-5-1-2-19(10(5)14-4-13-9)11-8(17)7(16)6(3-15)18-11/h1-2,4,6-8,11,15-17,19H,3,12H2,(H,13,14)/t6-,7-,8-,11+/m1/s1. The van der Waals surface area contributed by atoms with Crippen LogP contribution in [0.5, 0.6) is 0 Å². The number of hydrogen-bond acceptors (Lipinski definition) is 7. The molecule has 0 aromatic carbocycles. The fourth-order valence-electron chi connectivity index (χ4n) is 2.50. The first-order valence-electron chi connectivity index (χ1n) is 5.97. The second-order valence-corrected chi connectivity index (χ2v) is 6.94.